The molecule has 0 radical (unpaired) electrons. The summed E-state index contributed by atoms with van der Waals surface area (Å²) in [5.74, 6) is -0.0822. The van der Waals surface area contributed by atoms with Gasteiger partial charge in [-0.25, -0.2) is 0 Å². The third kappa shape index (κ3) is 4.24. The first-order valence-electron chi connectivity index (χ1n) is 8.35. The van der Waals surface area contributed by atoms with E-state index in [0.29, 0.717) is 44.0 Å². The van der Waals surface area contributed by atoms with Crippen molar-refractivity contribution in [2.75, 3.05) is 19.7 Å². The van der Waals surface area contributed by atoms with E-state index in [4.69, 9.17) is 10.5 Å². The zero-order chi connectivity index (χ0) is 16.8. The molecular formula is C16H26N4O3. The molecule has 2 rings (SSSR count). The summed E-state index contributed by atoms with van der Waals surface area (Å²) in [5.41, 5.74) is 5.84. The summed E-state index contributed by atoms with van der Waals surface area (Å²) in [4.78, 5) is 25.7. The molecule has 1 aromatic rings. The molecule has 23 heavy (non-hydrogen) atoms. The number of hydrogen-bond donors (Lipinski definition) is 1. The fourth-order valence-electron chi connectivity index (χ4n) is 2.74. The number of carbonyl (C=O) groups excluding carboxylic acids is 2. The molecule has 1 aliphatic rings. The number of primary amides is 1. The average molecular weight is 322 g/mol. The Morgan fingerprint density at radius 3 is 2.57 bits per heavy atom. The molecule has 1 saturated heterocycles. The van der Waals surface area contributed by atoms with E-state index in [2.05, 4.69) is 12.0 Å². The van der Waals surface area contributed by atoms with E-state index in [-0.39, 0.29) is 17.7 Å². The maximum atomic E-state index is 12.8. The molecule has 2 amide bonds. The first-order chi connectivity index (χ1) is 11.1. The van der Waals surface area contributed by atoms with Crippen molar-refractivity contribution in [2.45, 2.75) is 46.1 Å². The van der Waals surface area contributed by atoms with Gasteiger partial charge in [0, 0.05) is 31.7 Å². The monoisotopic (exact) mass is 322 g/mol. The van der Waals surface area contributed by atoms with E-state index < -0.39 is 0 Å². The number of aromatic nitrogens is 2. The van der Waals surface area contributed by atoms with Gasteiger partial charge in [-0.05, 0) is 25.7 Å². The minimum atomic E-state index is -0.278. The van der Waals surface area contributed by atoms with Crippen LogP contribution in [0.1, 0.15) is 49.9 Å². The minimum Gasteiger partial charge on any atom is -0.476 e. The lowest BCUT2D eigenvalue weighted by Crippen LogP contribution is -2.41. The fourth-order valence-corrected chi connectivity index (χ4v) is 2.74. The van der Waals surface area contributed by atoms with Crippen molar-refractivity contribution in [2.24, 2.45) is 11.7 Å². The third-order valence-corrected chi connectivity index (χ3v) is 4.04. The Bertz CT molecular complexity index is 548. The van der Waals surface area contributed by atoms with Gasteiger partial charge in [-0.2, -0.15) is 0 Å². The normalized spacial score (nSPS) is 15.7. The quantitative estimate of drug-likeness (QED) is 0.822. The molecule has 1 aliphatic heterocycles. The first-order valence-corrected chi connectivity index (χ1v) is 8.35. The van der Waals surface area contributed by atoms with E-state index in [9.17, 15) is 9.59 Å². The Morgan fingerprint density at radius 2 is 2.00 bits per heavy atom. The van der Waals surface area contributed by atoms with Crippen LogP contribution in [0.4, 0.5) is 0 Å². The summed E-state index contributed by atoms with van der Waals surface area (Å²) in [6, 6.07) is 0. The molecule has 0 atom stereocenters. The number of amides is 2. The van der Waals surface area contributed by atoms with E-state index in [1.54, 1.807) is 15.8 Å². The zero-order valence-corrected chi connectivity index (χ0v) is 14.0. The van der Waals surface area contributed by atoms with Gasteiger partial charge in [0.25, 0.3) is 5.91 Å². The maximum absolute atomic E-state index is 12.8. The highest BCUT2D eigenvalue weighted by atomic mass is 16.5. The Balaban J connectivity index is 2.09. The van der Waals surface area contributed by atoms with Crippen molar-refractivity contribution < 1.29 is 14.3 Å². The first kappa shape index (κ1) is 17.3. The minimum absolute atomic E-state index is 0.0821. The van der Waals surface area contributed by atoms with E-state index in [1.165, 1.54) is 0 Å². The lowest BCUT2D eigenvalue weighted by molar-refractivity contribution is -0.123. The Labute approximate surface area is 136 Å². The zero-order valence-electron chi connectivity index (χ0n) is 14.0. The predicted molar refractivity (Wildman–Crippen MR) is 86.1 cm³/mol. The number of rotatable bonds is 7. The summed E-state index contributed by atoms with van der Waals surface area (Å²) in [6.07, 6.45) is 4.80. The maximum Gasteiger partial charge on any atom is 0.260 e. The van der Waals surface area contributed by atoms with Crippen LogP contribution in [-0.4, -0.2) is 46.2 Å². The van der Waals surface area contributed by atoms with Crippen LogP contribution in [0.5, 0.6) is 5.88 Å². The van der Waals surface area contributed by atoms with Crippen molar-refractivity contribution >= 4 is 11.8 Å². The van der Waals surface area contributed by atoms with Gasteiger partial charge in [0.1, 0.15) is 5.56 Å². The van der Waals surface area contributed by atoms with Crippen LogP contribution in [-0.2, 0) is 11.3 Å². The second kappa shape index (κ2) is 7.99. The summed E-state index contributed by atoms with van der Waals surface area (Å²) in [7, 11) is 0. The number of likely N-dealkylation sites (tertiary alicyclic amines) is 1. The number of piperidine rings is 1. The molecule has 0 saturated carbocycles. The number of nitrogens with two attached hydrogens (primary N) is 1. The molecule has 2 N–H and O–H groups in total. The SMILES string of the molecule is CCCOc1nn(CCC)cc1C(=O)N1CCC(C(N)=O)CC1. The van der Waals surface area contributed by atoms with E-state index >= 15 is 0 Å². The van der Waals surface area contributed by atoms with Crippen LogP contribution in [0.15, 0.2) is 6.20 Å². The molecule has 0 unspecified atom stereocenters. The Hall–Kier alpha value is -2.05. The van der Waals surface area contributed by atoms with Crippen LogP contribution < -0.4 is 10.5 Å². The number of aryl methyl sites for hydroxylation is 1. The highest BCUT2D eigenvalue weighted by Gasteiger charge is 2.29. The lowest BCUT2D eigenvalue weighted by atomic mass is 9.96. The van der Waals surface area contributed by atoms with Crippen LogP contribution in [0.3, 0.4) is 0 Å². The number of carbonyl (C=O) groups is 2. The van der Waals surface area contributed by atoms with Crippen LogP contribution in [0, 0.1) is 5.92 Å². The number of ether oxygens (including phenoxy) is 1. The molecule has 1 aromatic heterocycles. The average Bonchev–Trinajstić information content (AvgIpc) is 2.95. The molecule has 7 nitrogen and oxygen atoms in total. The van der Waals surface area contributed by atoms with Crippen molar-refractivity contribution in [3.05, 3.63) is 11.8 Å². The van der Waals surface area contributed by atoms with E-state index in [0.717, 1.165) is 19.4 Å². The van der Waals surface area contributed by atoms with Gasteiger partial charge >= 0.3 is 0 Å². The summed E-state index contributed by atoms with van der Waals surface area (Å²) < 4.78 is 7.39. The van der Waals surface area contributed by atoms with Crippen LogP contribution in [0.2, 0.25) is 0 Å². The molecule has 0 aromatic carbocycles. The van der Waals surface area contributed by atoms with Gasteiger partial charge in [0.2, 0.25) is 11.8 Å². The molecule has 128 valence electrons. The molecule has 2 heterocycles. The molecular weight excluding hydrogens is 296 g/mol. The second-order valence-electron chi connectivity index (χ2n) is 5.93. The molecule has 1 fully saturated rings. The molecule has 0 spiro atoms. The van der Waals surface area contributed by atoms with Crippen LogP contribution >= 0.6 is 0 Å². The Kier molecular flexibility index (Phi) is 6.01. The highest BCUT2D eigenvalue weighted by molar-refractivity contribution is 5.96. The van der Waals surface area contributed by atoms with Crippen molar-refractivity contribution in [3.63, 3.8) is 0 Å². The summed E-state index contributed by atoms with van der Waals surface area (Å²) in [6.45, 7) is 6.44. The fraction of sp³-hybridized carbons (Fsp3) is 0.688. The molecule has 0 aliphatic carbocycles. The van der Waals surface area contributed by atoms with Crippen molar-refractivity contribution in [1.29, 1.82) is 0 Å². The lowest BCUT2D eigenvalue weighted by Gasteiger charge is -2.30. The van der Waals surface area contributed by atoms with Crippen molar-refractivity contribution in [1.82, 2.24) is 14.7 Å². The van der Waals surface area contributed by atoms with Gasteiger partial charge in [-0.15, -0.1) is 5.10 Å². The summed E-state index contributed by atoms with van der Waals surface area (Å²) >= 11 is 0. The molecule has 0 bridgehead atoms. The smallest absolute Gasteiger partial charge is 0.260 e. The number of hydrogen-bond acceptors (Lipinski definition) is 4. The van der Waals surface area contributed by atoms with Gasteiger partial charge in [0.05, 0.1) is 6.61 Å². The van der Waals surface area contributed by atoms with Crippen molar-refractivity contribution in [3.8, 4) is 5.88 Å². The summed E-state index contributed by atoms with van der Waals surface area (Å²) in [5, 5.41) is 4.37. The van der Waals surface area contributed by atoms with Gasteiger partial charge in [0.15, 0.2) is 0 Å². The largest absolute Gasteiger partial charge is 0.476 e. The van der Waals surface area contributed by atoms with Crippen LogP contribution in [0.25, 0.3) is 0 Å². The van der Waals surface area contributed by atoms with E-state index in [1.807, 2.05) is 6.92 Å². The Morgan fingerprint density at radius 1 is 1.30 bits per heavy atom. The highest BCUT2D eigenvalue weighted by Crippen LogP contribution is 2.23. The standard InChI is InChI=1S/C16H26N4O3/c1-3-7-20-11-13(15(18-20)23-10-4-2)16(22)19-8-5-12(6-9-19)14(17)21/h11-12H,3-10H2,1-2H3,(H2,17,21). The third-order valence-electron chi connectivity index (χ3n) is 4.04. The number of nitrogens with zero attached hydrogens (tertiary/aromatic N) is 3. The molecule has 7 heteroatoms. The van der Waals surface area contributed by atoms with Gasteiger partial charge in [-0.1, -0.05) is 13.8 Å². The van der Waals surface area contributed by atoms with Gasteiger partial charge < -0.3 is 15.4 Å². The second-order valence-corrected chi connectivity index (χ2v) is 5.93. The topological polar surface area (TPSA) is 90.5 Å². The van der Waals surface area contributed by atoms with Gasteiger partial charge in [-0.3, -0.25) is 14.3 Å². The predicted octanol–water partition coefficient (Wildman–Crippen LogP) is 1.42.